The summed E-state index contributed by atoms with van der Waals surface area (Å²) in [4.78, 5) is 2.46. The Morgan fingerprint density at radius 3 is 2.23 bits per heavy atom. The Labute approximate surface area is 134 Å². The summed E-state index contributed by atoms with van der Waals surface area (Å²) in [7, 11) is 0. The lowest BCUT2D eigenvalue weighted by Gasteiger charge is -2.37. The first-order valence-electron chi connectivity index (χ1n) is 7.74. The second-order valence-corrected chi connectivity index (χ2v) is 8.09. The lowest BCUT2D eigenvalue weighted by atomic mass is 10.0. The summed E-state index contributed by atoms with van der Waals surface area (Å²) in [5.74, 6) is -3.38. The smallest absolute Gasteiger partial charge is 0.296 e. The molecule has 0 amide bonds. The van der Waals surface area contributed by atoms with Crippen molar-refractivity contribution in [3.05, 3.63) is 0 Å². The zero-order chi connectivity index (χ0) is 17.0. The molecule has 132 valence electrons. The van der Waals surface area contributed by atoms with Gasteiger partial charge in [-0.25, -0.2) is 0 Å². The predicted molar refractivity (Wildman–Crippen MR) is 81.7 cm³/mol. The van der Waals surface area contributed by atoms with E-state index in [0.29, 0.717) is 11.8 Å². The fourth-order valence-corrected chi connectivity index (χ4v) is 3.87. The summed E-state index contributed by atoms with van der Waals surface area (Å²) >= 11 is 1.48. The van der Waals surface area contributed by atoms with Gasteiger partial charge in [0.1, 0.15) is 0 Å². The van der Waals surface area contributed by atoms with Gasteiger partial charge in [0.2, 0.25) is 0 Å². The van der Waals surface area contributed by atoms with Crippen molar-refractivity contribution in [3.63, 3.8) is 0 Å². The van der Waals surface area contributed by atoms with E-state index in [0.717, 1.165) is 25.1 Å². The fraction of sp³-hybridized carbons (Fsp3) is 1.00. The monoisotopic (exact) mass is 347 g/mol. The van der Waals surface area contributed by atoms with Gasteiger partial charge in [-0.05, 0) is 64.5 Å². The molecule has 0 bridgehead atoms. The van der Waals surface area contributed by atoms with Crippen LogP contribution in [0.1, 0.15) is 52.9 Å². The van der Waals surface area contributed by atoms with Crippen LogP contribution in [0.5, 0.6) is 0 Å². The Bertz CT molecular complexity index is 338. The molecule has 1 atom stereocenters. The van der Waals surface area contributed by atoms with Crippen molar-refractivity contribution in [1.29, 1.82) is 0 Å². The first-order chi connectivity index (χ1) is 9.95. The molecule has 0 radical (unpaired) electrons. The first kappa shape index (κ1) is 20.0. The zero-order valence-corrected chi connectivity index (χ0v) is 14.3. The minimum atomic E-state index is -5.42. The van der Waals surface area contributed by atoms with Gasteiger partial charge in [-0.2, -0.15) is 33.7 Å². The third kappa shape index (κ3) is 5.87. The lowest BCUT2D eigenvalue weighted by molar-refractivity contribution is -0.284. The zero-order valence-electron chi connectivity index (χ0n) is 13.5. The first-order valence-corrected chi connectivity index (χ1v) is 8.90. The van der Waals surface area contributed by atoms with Gasteiger partial charge in [0.25, 0.3) is 0 Å². The summed E-state index contributed by atoms with van der Waals surface area (Å²) in [5, 5.41) is 0. The molecule has 0 saturated carbocycles. The third-order valence-electron chi connectivity index (χ3n) is 4.03. The minimum Gasteiger partial charge on any atom is -0.296 e. The molecule has 1 heterocycles. The highest BCUT2D eigenvalue weighted by molar-refractivity contribution is 7.99. The topological polar surface area (TPSA) is 3.24 Å². The van der Waals surface area contributed by atoms with Gasteiger partial charge in [0.05, 0.1) is 0 Å². The van der Waals surface area contributed by atoms with Crippen molar-refractivity contribution >= 4 is 11.8 Å². The predicted octanol–water partition coefficient (Wildman–Crippen LogP) is 5.35. The third-order valence-corrected chi connectivity index (χ3v) is 5.13. The fourth-order valence-electron chi connectivity index (χ4n) is 2.88. The average molecular weight is 347 g/mol. The minimum absolute atomic E-state index is 0.106. The number of nitrogens with zero attached hydrogens (tertiary/aromatic N) is 1. The normalized spacial score (nSPS) is 21.5. The molecule has 1 nitrogen and oxygen atoms in total. The molecule has 1 aliphatic heterocycles. The Balaban J connectivity index is 2.19. The molecular formula is C15H26F5NS. The van der Waals surface area contributed by atoms with Crippen molar-refractivity contribution in [1.82, 2.24) is 4.90 Å². The van der Waals surface area contributed by atoms with Crippen LogP contribution in [0.3, 0.4) is 0 Å². The standard InChI is InChI=1S/C15H26F5NS/c1-13(2,3)21-9-4-6-12(21)7-11-22-10-5-8-14(16,17)15(18,19)20/h12H,4-11H2,1-3H3/t12-/m1/s1. The van der Waals surface area contributed by atoms with Crippen LogP contribution in [-0.4, -0.2) is 46.6 Å². The van der Waals surface area contributed by atoms with E-state index in [2.05, 4.69) is 25.7 Å². The number of rotatable bonds is 7. The SMILES string of the molecule is CC(C)(C)N1CCC[C@@H]1CCSCCCC(F)(F)C(F)(F)F. The summed E-state index contributed by atoms with van der Waals surface area (Å²) in [6.07, 6.45) is -3.35. The van der Waals surface area contributed by atoms with Crippen LogP contribution in [-0.2, 0) is 0 Å². The molecule has 1 saturated heterocycles. The van der Waals surface area contributed by atoms with E-state index in [9.17, 15) is 22.0 Å². The van der Waals surface area contributed by atoms with Gasteiger partial charge >= 0.3 is 12.1 Å². The number of hydrogen-bond donors (Lipinski definition) is 0. The Morgan fingerprint density at radius 1 is 1.05 bits per heavy atom. The summed E-state index contributed by atoms with van der Waals surface area (Å²) < 4.78 is 61.5. The van der Waals surface area contributed by atoms with Crippen molar-refractivity contribution < 1.29 is 22.0 Å². The number of hydrogen-bond acceptors (Lipinski definition) is 2. The van der Waals surface area contributed by atoms with E-state index in [4.69, 9.17) is 0 Å². The molecule has 0 spiro atoms. The average Bonchev–Trinajstić information content (AvgIpc) is 2.80. The number of halogens is 5. The van der Waals surface area contributed by atoms with Crippen LogP contribution >= 0.6 is 11.8 Å². The summed E-state index contributed by atoms with van der Waals surface area (Å²) in [5.41, 5.74) is 0.126. The van der Waals surface area contributed by atoms with Gasteiger partial charge < -0.3 is 0 Å². The Kier molecular flexibility index (Phi) is 6.99. The maximum absolute atomic E-state index is 12.7. The highest BCUT2D eigenvalue weighted by atomic mass is 32.2. The lowest BCUT2D eigenvalue weighted by Crippen LogP contribution is -2.44. The largest absolute Gasteiger partial charge is 0.453 e. The van der Waals surface area contributed by atoms with Crippen molar-refractivity contribution in [2.75, 3.05) is 18.1 Å². The Morgan fingerprint density at radius 2 is 1.68 bits per heavy atom. The molecule has 22 heavy (non-hydrogen) atoms. The maximum Gasteiger partial charge on any atom is 0.453 e. The van der Waals surface area contributed by atoms with Crippen LogP contribution in [0.25, 0.3) is 0 Å². The Hall–Kier alpha value is -0.0400. The van der Waals surface area contributed by atoms with Gasteiger partial charge in [-0.1, -0.05) is 0 Å². The molecule has 0 aliphatic carbocycles. The van der Waals surface area contributed by atoms with Crippen LogP contribution in [0.2, 0.25) is 0 Å². The van der Waals surface area contributed by atoms with Crippen molar-refractivity contribution in [3.8, 4) is 0 Å². The molecule has 0 N–H and O–H groups in total. The van der Waals surface area contributed by atoms with Crippen LogP contribution in [0.4, 0.5) is 22.0 Å². The van der Waals surface area contributed by atoms with E-state index < -0.39 is 18.5 Å². The molecule has 0 aromatic rings. The van der Waals surface area contributed by atoms with Gasteiger partial charge in [0.15, 0.2) is 0 Å². The van der Waals surface area contributed by atoms with E-state index in [1.54, 1.807) is 0 Å². The van der Waals surface area contributed by atoms with E-state index in [1.807, 2.05) is 0 Å². The van der Waals surface area contributed by atoms with Crippen molar-refractivity contribution in [2.45, 2.75) is 76.6 Å². The van der Waals surface area contributed by atoms with Crippen LogP contribution < -0.4 is 0 Å². The number of thioether (sulfide) groups is 1. The number of alkyl halides is 5. The molecule has 0 unspecified atom stereocenters. The second kappa shape index (κ2) is 7.69. The van der Waals surface area contributed by atoms with E-state index in [1.165, 1.54) is 18.2 Å². The molecule has 1 fully saturated rings. The maximum atomic E-state index is 12.7. The van der Waals surface area contributed by atoms with Crippen LogP contribution in [0.15, 0.2) is 0 Å². The van der Waals surface area contributed by atoms with E-state index in [-0.39, 0.29) is 12.0 Å². The summed E-state index contributed by atoms with van der Waals surface area (Å²) in [6, 6.07) is 0.504. The molecular weight excluding hydrogens is 321 g/mol. The molecule has 0 aromatic carbocycles. The number of likely N-dealkylation sites (tertiary alicyclic amines) is 1. The molecule has 0 aromatic heterocycles. The molecule has 1 rings (SSSR count). The van der Waals surface area contributed by atoms with Crippen molar-refractivity contribution in [2.24, 2.45) is 0 Å². The van der Waals surface area contributed by atoms with Crippen LogP contribution in [0, 0.1) is 0 Å². The highest BCUT2D eigenvalue weighted by Crippen LogP contribution is 2.39. The summed E-state index contributed by atoms with van der Waals surface area (Å²) in [6.45, 7) is 7.61. The highest BCUT2D eigenvalue weighted by Gasteiger charge is 2.56. The van der Waals surface area contributed by atoms with E-state index >= 15 is 0 Å². The molecule has 7 heteroatoms. The molecule has 1 aliphatic rings. The van der Waals surface area contributed by atoms with Gasteiger partial charge in [0, 0.05) is 18.0 Å². The second-order valence-electron chi connectivity index (χ2n) is 6.87. The van der Waals surface area contributed by atoms with Gasteiger partial charge in [-0.3, -0.25) is 4.90 Å². The quantitative estimate of drug-likeness (QED) is 0.451. The van der Waals surface area contributed by atoms with Gasteiger partial charge in [-0.15, -0.1) is 0 Å².